The minimum absolute atomic E-state index is 0.00191. The molecule has 2 rings (SSSR count). The van der Waals surface area contributed by atoms with Crippen LogP contribution < -0.4 is 15.6 Å². The van der Waals surface area contributed by atoms with Gasteiger partial charge in [0, 0.05) is 18.0 Å². The quantitative estimate of drug-likeness (QED) is 0.674. The van der Waals surface area contributed by atoms with E-state index in [0.29, 0.717) is 0 Å². The van der Waals surface area contributed by atoms with E-state index in [1.54, 1.807) is 6.92 Å². The van der Waals surface area contributed by atoms with E-state index in [0.717, 1.165) is 12.8 Å². The van der Waals surface area contributed by atoms with Crippen LogP contribution in [-0.4, -0.2) is 26.8 Å². The van der Waals surface area contributed by atoms with E-state index >= 15 is 0 Å². The summed E-state index contributed by atoms with van der Waals surface area (Å²) in [7, 11) is -3.53. The summed E-state index contributed by atoms with van der Waals surface area (Å²) >= 11 is 0. The molecule has 1 aromatic carbocycles. The molecule has 1 aromatic rings. The van der Waals surface area contributed by atoms with Gasteiger partial charge >= 0.3 is 0 Å². The van der Waals surface area contributed by atoms with Crippen LogP contribution in [-0.2, 0) is 14.8 Å². The molecule has 0 radical (unpaired) electrons. The number of rotatable bonds is 5. The maximum atomic E-state index is 11.8. The highest BCUT2D eigenvalue weighted by Crippen LogP contribution is 2.28. The van der Waals surface area contributed by atoms with Crippen LogP contribution in [0.5, 0.6) is 0 Å². The van der Waals surface area contributed by atoms with Gasteiger partial charge < -0.3 is 0 Å². The lowest BCUT2D eigenvalue weighted by atomic mass is 10.2. The highest BCUT2D eigenvalue weighted by molar-refractivity contribution is 7.89. The standard InChI is InChI=1S/C13H17N3O4S/c1-2-14-21(19,20)11-7-5-10(6-8-11)13(18)16-15-12(17)9-3-4-9/h5-9,14H,2-4H2,1H3,(H,15,17)(H,16,18). The Bertz CT molecular complexity index is 636. The van der Waals surface area contributed by atoms with Crippen LogP contribution >= 0.6 is 0 Å². The molecule has 0 unspecified atom stereocenters. The van der Waals surface area contributed by atoms with Crippen molar-refractivity contribution in [2.24, 2.45) is 5.92 Å². The molecule has 21 heavy (non-hydrogen) atoms. The van der Waals surface area contributed by atoms with Gasteiger partial charge in [0.15, 0.2) is 0 Å². The summed E-state index contributed by atoms with van der Waals surface area (Å²) in [6.07, 6.45) is 1.69. The number of carbonyl (C=O) groups is 2. The van der Waals surface area contributed by atoms with Crippen molar-refractivity contribution in [3.8, 4) is 0 Å². The number of hydrogen-bond donors (Lipinski definition) is 3. The molecule has 7 nitrogen and oxygen atoms in total. The second kappa shape index (κ2) is 6.23. The summed E-state index contributed by atoms with van der Waals surface area (Å²) < 4.78 is 25.8. The van der Waals surface area contributed by atoms with Crippen LogP contribution in [0.4, 0.5) is 0 Å². The molecule has 8 heteroatoms. The predicted octanol–water partition coefficient (Wildman–Crippen LogP) is 0.156. The number of carbonyl (C=O) groups excluding carboxylic acids is 2. The van der Waals surface area contributed by atoms with Gasteiger partial charge in [0.05, 0.1) is 4.90 Å². The van der Waals surface area contributed by atoms with Crippen molar-refractivity contribution in [3.63, 3.8) is 0 Å². The molecular formula is C13H17N3O4S. The SMILES string of the molecule is CCNS(=O)(=O)c1ccc(C(=O)NNC(=O)C2CC2)cc1. The molecule has 1 saturated carbocycles. The zero-order valence-corrected chi connectivity index (χ0v) is 12.4. The first-order valence-corrected chi connectivity index (χ1v) is 8.12. The van der Waals surface area contributed by atoms with E-state index in [9.17, 15) is 18.0 Å². The molecule has 0 heterocycles. The lowest BCUT2D eigenvalue weighted by molar-refractivity contribution is -0.123. The third kappa shape index (κ3) is 4.02. The number of nitrogens with one attached hydrogen (secondary N) is 3. The molecule has 1 aliphatic rings. The highest BCUT2D eigenvalue weighted by Gasteiger charge is 2.29. The van der Waals surface area contributed by atoms with E-state index in [1.165, 1.54) is 24.3 Å². The molecule has 1 aliphatic carbocycles. The topological polar surface area (TPSA) is 104 Å². The summed E-state index contributed by atoms with van der Waals surface area (Å²) in [5, 5.41) is 0. The molecule has 3 N–H and O–H groups in total. The third-order valence-electron chi connectivity index (χ3n) is 3.01. The summed E-state index contributed by atoms with van der Waals surface area (Å²) in [6, 6.07) is 5.47. The Balaban J connectivity index is 1.97. The van der Waals surface area contributed by atoms with Gasteiger partial charge in [-0.25, -0.2) is 13.1 Å². The van der Waals surface area contributed by atoms with E-state index < -0.39 is 15.9 Å². The minimum Gasteiger partial charge on any atom is -0.273 e. The van der Waals surface area contributed by atoms with Crippen molar-refractivity contribution in [3.05, 3.63) is 29.8 Å². The summed E-state index contributed by atoms with van der Waals surface area (Å²) in [5.74, 6) is -0.691. The van der Waals surface area contributed by atoms with Crippen molar-refractivity contribution in [2.75, 3.05) is 6.54 Å². The monoisotopic (exact) mass is 311 g/mol. The molecular weight excluding hydrogens is 294 g/mol. The van der Waals surface area contributed by atoms with Crippen LogP contribution in [0, 0.1) is 5.92 Å². The fourth-order valence-electron chi connectivity index (χ4n) is 1.70. The molecule has 0 saturated heterocycles. The van der Waals surface area contributed by atoms with Crippen LogP contribution in [0.15, 0.2) is 29.2 Å². The van der Waals surface area contributed by atoms with E-state index in [-0.39, 0.29) is 28.8 Å². The van der Waals surface area contributed by atoms with Gasteiger partial charge in [-0.1, -0.05) is 6.92 Å². The first-order chi connectivity index (χ1) is 9.94. The third-order valence-corrected chi connectivity index (χ3v) is 4.57. The van der Waals surface area contributed by atoms with E-state index in [1.807, 2.05) is 0 Å². The minimum atomic E-state index is -3.53. The maximum absolute atomic E-state index is 11.8. The fraction of sp³-hybridized carbons (Fsp3) is 0.385. The lowest BCUT2D eigenvalue weighted by Gasteiger charge is -2.08. The summed E-state index contributed by atoms with van der Waals surface area (Å²) in [4.78, 5) is 23.3. The second-order valence-corrected chi connectivity index (χ2v) is 6.51. The molecule has 2 amide bonds. The summed E-state index contributed by atoms with van der Waals surface area (Å²) in [6.45, 7) is 1.97. The maximum Gasteiger partial charge on any atom is 0.269 e. The zero-order valence-electron chi connectivity index (χ0n) is 11.5. The number of benzene rings is 1. The summed E-state index contributed by atoms with van der Waals surface area (Å²) in [5.41, 5.74) is 4.90. The van der Waals surface area contributed by atoms with Crippen LogP contribution in [0.2, 0.25) is 0 Å². The molecule has 0 atom stereocenters. The van der Waals surface area contributed by atoms with Gasteiger partial charge in [-0.05, 0) is 37.1 Å². The fourth-order valence-corrected chi connectivity index (χ4v) is 2.74. The van der Waals surface area contributed by atoms with Crippen molar-refractivity contribution in [2.45, 2.75) is 24.7 Å². The first-order valence-electron chi connectivity index (χ1n) is 6.64. The van der Waals surface area contributed by atoms with Crippen LogP contribution in [0.3, 0.4) is 0 Å². The molecule has 0 aromatic heterocycles. The van der Waals surface area contributed by atoms with Gasteiger partial charge in [-0.3, -0.25) is 20.4 Å². The van der Waals surface area contributed by atoms with Crippen molar-refractivity contribution < 1.29 is 18.0 Å². The molecule has 0 aliphatic heterocycles. The molecule has 1 fully saturated rings. The van der Waals surface area contributed by atoms with Crippen LogP contribution in [0.1, 0.15) is 30.1 Å². The zero-order chi connectivity index (χ0) is 15.5. The molecule has 0 bridgehead atoms. The first kappa shape index (κ1) is 15.5. The van der Waals surface area contributed by atoms with E-state index in [2.05, 4.69) is 15.6 Å². The second-order valence-electron chi connectivity index (χ2n) is 4.74. The van der Waals surface area contributed by atoms with Gasteiger partial charge in [0.25, 0.3) is 5.91 Å². The van der Waals surface area contributed by atoms with Crippen molar-refractivity contribution in [1.82, 2.24) is 15.6 Å². The Morgan fingerprint density at radius 3 is 2.29 bits per heavy atom. The highest BCUT2D eigenvalue weighted by atomic mass is 32.2. The number of sulfonamides is 1. The van der Waals surface area contributed by atoms with Crippen LogP contribution in [0.25, 0.3) is 0 Å². The average Bonchev–Trinajstić information content (AvgIpc) is 3.29. The normalized spacial score (nSPS) is 14.5. The van der Waals surface area contributed by atoms with Gasteiger partial charge in [-0.2, -0.15) is 0 Å². The number of hydrazine groups is 1. The smallest absolute Gasteiger partial charge is 0.269 e. The van der Waals surface area contributed by atoms with Crippen molar-refractivity contribution in [1.29, 1.82) is 0 Å². The molecule has 0 spiro atoms. The molecule has 114 valence electrons. The van der Waals surface area contributed by atoms with E-state index in [4.69, 9.17) is 0 Å². The van der Waals surface area contributed by atoms with Crippen molar-refractivity contribution >= 4 is 21.8 Å². The van der Waals surface area contributed by atoms with Gasteiger partial charge in [-0.15, -0.1) is 0 Å². The Hall–Kier alpha value is -1.93. The Labute approximate surface area is 123 Å². The Morgan fingerprint density at radius 2 is 1.76 bits per heavy atom. The Kier molecular flexibility index (Phi) is 4.59. The predicted molar refractivity (Wildman–Crippen MR) is 75.6 cm³/mol. The lowest BCUT2D eigenvalue weighted by Crippen LogP contribution is -2.42. The van der Waals surface area contributed by atoms with Gasteiger partial charge in [0.1, 0.15) is 0 Å². The Morgan fingerprint density at radius 1 is 1.14 bits per heavy atom. The van der Waals surface area contributed by atoms with Gasteiger partial charge in [0.2, 0.25) is 15.9 Å². The number of hydrogen-bond acceptors (Lipinski definition) is 4. The largest absolute Gasteiger partial charge is 0.273 e. The average molecular weight is 311 g/mol. The number of amides is 2.